The quantitative estimate of drug-likeness (QED) is 0.789. The maximum Gasteiger partial charge on any atom is 0.311 e. The van der Waals surface area contributed by atoms with Gasteiger partial charge in [0.25, 0.3) is 0 Å². The second kappa shape index (κ2) is 8.39. The highest BCUT2D eigenvalue weighted by atomic mass is 16.5. The molecule has 4 nitrogen and oxygen atoms in total. The number of rotatable bonds is 8. The average Bonchev–Trinajstić information content (AvgIpc) is 2.58. The summed E-state index contributed by atoms with van der Waals surface area (Å²) in [5.74, 6) is -0.152. The van der Waals surface area contributed by atoms with E-state index in [1.807, 2.05) is 56.3 Å². The van der Waals surface area contributed by atoms with Gasteiger partial charge in [0.05, 0.1) is 19.6 Å². The second-order valence-corrected chi connectivity index (χ2v) is 5.84. The number of aliphatic carboxylic acids is 1. The lowest BCUT2D eigenvalue weighted by atomic mass is 9.90. The lowest BCUT2D eigenvalue weighted by molar-refractivity contribution is -0.138. The van der Waals surface area contributed by atoms with E-state index in [4.69, 9.17) is 9.47 Å². The molecule has 0 heterocycles. The van der Waals surface area contributed by atoms with E-state index in [0.717, 1.165) is 23.3 Å². The maximum absolute atomic E-state index is 11.9. The molecule has 0 aromatic heterocycles. The molecule has 0 saturated carbocycles. The van der Waals surface area contributed by atoms with E-state index in [9.17, 15) is 9.90 Å². The Hall–Kier alpha value is -2.49. The van der Waals surface area contributed by atoms with Gasteiger partial charge in [0.15, 0.2) is 0 Å². The molecule has 0 aliphatic carbocycles. The minimum atomic E-state index is -0.862. The Morgan fingerprint density at radius 2 is 2.00 bits per heavy atom. The van der Waals surface area contributed by atoms with E-state index in [0.29, 0.717) is 24.3 Å². The summed E-state index contributed by atoms with van der Waals surface area (Å²) in [5, 5.41) is 9.72. The van der Waals surface area contributed by atoms with Crippen LogP contribution in [-0.4, -0.2) is 24.8 Å². The molecule has 0 bridgehead atoms. The van der Waals surface area contributed by atoms with Crippen LogP contribution in [0.3, 0.4) is 0 Å². The largest absolute Gasteiger partial charge is 0.496 e. The Kier molecular flexibility index (Phi) is 6.24. The van der Waals surface area contributed by atoms with E-state index in [1.165, 1.54) is 0 Å². The van der Waals surface area contributed by atoms with Crippen molar-refractivity contribution in [3.05, 3.63) is 59.2 Å². The zero-order valence-corrected chi connectivity index (χ0v) is 14.4. The monoisotopic (exact) mass is 328 g/mol. The lowest BCUT2D eigenvalue weighted by Crippen LogP contribution is -2.15. The summed E-state index contributed by atoms with van der Waals surface area (Å²) in [4.78, 5) is 11.9. The lowest BCUT2D eigenvalue weighted by Gasteiger charge is -2.17. The molecule has 0 spiro atoms. The molecule has 2 rings (SSSR count). The van der Waals surface area contributed by atoms with Crippen LogP contribution in [-0.2, 0) is 11.2 Å². The Labute approximate surface area is 143 Å². The molecule has 2 aromatic rings. The van der Waals surface area contributed by atoms with Gasteiger partial charge in [-0.15, -0.1) is 0 Å². The van der Waals surface area contributed by atoms with Crippen LogP contribution in [0, 0.1) is 6.92 Å². The summed E-state index contributed by atoms with van der Waals surface area (Å²) in [7, 11) is 1.56. The number of methoxy groups -OCH3 is 1. The minimum Gasteiger partial charge on any atom is -0.496 e. The highest BCUT2D eigenvalue weighted by molar-refractivity contribution is 5.78. The number of carbonyl (C=O) groups is 1. The molecule has 0 radical (unpaired) electrons. The van der Waals surface area contributed by atoms with Gasteiger partial charge >= 0.3 is 5.97 Å². The van der Waals surface area contributed by atoms with Crippen LogP contribution in [0.4, 0.5) is 0 Å². The Balaban J connectivity index is 2.30. The first-order valence-corrected chi connectivity index (χ1v) is 8.14. The Bertz CT molecular complexity index is 694. The topological polar surface area (TPSA) is 55.8 Å². The summed E-state index contributed by atoms with van der Waals surface area (Å²) < 4.78 is 11.0. The van der Waals surface area contributed by atoms with Crippen LogP contribution in [0.15, 0.2) is 42.5 Å². The van der Waals surface area contributed by atoms with E-state index in [-0.39, 0.29) is 0 Å². The first-order valence-electron chi connectivity index (χ1n) is 8.14. The van der Waals surface area contributed by atoms with Crippen molar-refractivity contribution in [2.45, 2.75) is 32.6 Å². The van der Waals surface area contributed by atoms with Crippen LogP contribution < -0.4 is 9.47 Å². The fourth-order valence-corrected chi connectivity index (χ4v) is 2.67. The normalized spacial score (nSPS) is 11.8. The fourth-order valence-electron chi connectivity index (χ4n) is 2.67. The van der Waals surface area contributed by atoms with Crippen LogP contribution in [0.1, 0.15) is 36.0 Å². The first-order chi connectivity index (χ1) is 11.5. The minimum absolute atomic E-state index is 0.387. The number of hydrogen-bond donors (Lipinski definition) is 1. The van der Waals surface area contributed by atoms with Crippen LogP contribution >= 0.6 is 0 Å². The standard InChI is InChI=1S/C20H24O4/c1-4-10-24-16-7-5-6-15(12-16)13-18(20(21)22)17-11-14(2)8-9-19(17)23-3/h5-9,11-12,18H,4,10,13H2,1-3H3,(H,21,22). The van der Waals surface area contributed by atoms with Gasteiger partial charge in [-0.25, -0.2) is 0 Å². The van der Waals surface area contributed by atoms with Crippen molar-refractivity contribution in [1.82, 2.24) is 0 Å². The second-order valence-electron chi connectivity index (χ2n) is 5.84. The number of carboxylic acid groups (broad SMARTS) is 1. The Morgan fingerprint density at radius 3 is 2.67 bits per heavy atom. The summed E-state index contributed by atoms with van der Waals surface area (Å²) in [5.41, 5.74) is 2.64. The van der Waals surface area contributed by atoms with Crippen LogP contribution in [0.25, 0.3) is 0 Å². The van der Waals surface area contributed by atoms with E-state index >= 15 is 0 Å². The summed E-state index contributed by atoms with van der Waals surface area (Å²) in [6.07, 6.45) is 1.32. The average molecular weight is 328 g/mol. The third-order valence-corrected chi connectivity index (χ3v) is 3.87. The SMILES string of the molecule is CCCOc1cccc(CC(C(=O)O)c2cc(C)ccc2OC)c1. The van der Waals surface area contributed by atoms with Crippen molar-refractivity contribution in [2.75, 3.05) is 13.7 Å². The molecule has 0 amide bonds. The first kappa shape index (κ1) is 17.9. The van der Waals surface area contributed by atoms with Crippen molar-refractivity contribution in [3.63, 3.8) is 0 Å². The van der Waals surface area contributed by atoms with Crippen LogP contribution in [0.2, 0.25) is 0 Å². The molecule has 128 valence electrons. The number of benzene rings is 2. The van der Waals surface area contributed by atoms with E-state index in [1.54, 1.807) is 7.11 Å². The predicted molar refractivity (Wildman–Crippen MR) is 94.0 cm³/mol. The third kappa shape index (κ3) is 4.51. The molecule has 0 aliphatic rings. The van der Waals surface area contributed by atoms with Crippen molar-refractivity contribution in [1.29, 1.82) is 0 Å². The van der Waals surface area contributed by atoms with Gasteiger partial charge < -0.3 is 14.6 Å². The Morgan fingerprint density at radius 1 is 1.21 bits per heavy atom. The smallest absolute Gasteiger partial charge is 0.311 e. The molecule has 4 heteroatoms. The van der Waals surface area contributed by atoms with Crippen molar-refractivity contribution >= 4 is 5.97 Å². The molecule has 24 heavy (non-hydrogen) atoms. The maximum atomic E-state index is 11.9. The van der Waals surface area contributed by atoms with Gasteiger partial charge in [0.2, 0.25) is 0 Å². The summed E-state index contributed by atoms with van der Waals surface area (Å²) in [6, 6.07) is 13.2. The molecule has 2 aromatic carbocycles. The van der Waals surface area contributed by atoms with Gasteiger partial charge in [-0.2, -0.15) is 0 Å². The van der Waals surface area contributed by atoms with Gasteiger partial charge in [-0.1, -0.05) is 36.8 Å². The molecule has 0 saturated heterocycles. The van der Waals surface area contributed by atoms with Gasteiger partial charge in [0, 0.05) is 5.56 Å². The van der Waals surface area contributed by atoms with Crippen LogP contribution in [0.5, 0.6) is 11.5 Å². The van der Waals surface area contributed by atoms with Gasteiger partial charge in [0.1, 0.15) is 11.5 Å². The number of carboxylic acids is 1. The van der Waals surface area contributed by atoms with Gasteiger partial charge in [-0.3, -0.25) is 4.79 Å². The molecular weight excluding hydrogens is 304 g/mol. The highest BCUT2D eigenvalue weighted by Gasteiger charge is 2.24. The fraction of sp³-hybridized carbons (Fsp3) is 0.350. The highest BCUT2D eigenvalue weighted by Crippen LogP contribution is 2.31. The molecule has 0 fully saturated rings. The number of ether oxygens (including phenoxy) is 2. The summed E-state index contributed by atoms with van der Waals surface area (Å²) >= 11 is 0. The van der Waals surface area contributed by atoms with E-state index < -0.39 is 11.9 Å². The van der Waals surface area contributed by atoms with Crippen molar-refractivity contribution in [2.24, 2.45) is 0 Å². The zero-order valence-electron chi connectivity index (χ0n) is 14.4. The number of aryl methyl sites for hydroxylation is 1. The van der Waals surface area contributed by atoms with Gasteiger partial charge in [-0.05, 0) is 43.5 Å². The van der Waals surface area contributed by atoms with Crippen molar-refractivity contribution in [3.8, 4) is 11.5 Å². The molecule has 1 atom stereocenters. The predicted octanol–water partition coefficient (Wildman–Crippen LogP) is 4.20. The molecule has 0 aliphatic heterocycles. The molecule has 1 N–H and O–H groups in total. The molecular formula is C20H24O4. The van der Waals surface area contributed by atoms with Crippen molar-refractivity contribution < 1.29 is 19.4 Å². The number of hydrogen-bond acceptors (Lipinski definition) is 3. The zero-order chi connectivity index (χ0) is 17.5. The van der Waals surface area contributed by atoms with E-state index in [2.05, 4.69) is 0 Å². The third-order valence-electron chi connectivity index (χ3n) is 3.87. The molecule has 1 unspecified atom stereocenters. The summed E-state index contributed by atoms with van der Waals surface area (Å²) in [6.45, 7) is 4.65.